The summed E-state index contributed by atoms with van der Waals surface area (Å²) >= 11 is 0.493. The van der Waals surface area contributed by atoms with Crippen LogP contribution in [0.4, 0.5) is 18.3 Å². The highest BCUT2D eigenvalue weighted by Crippen LogP contribution is 2.33. The van der Waals surface area contributed by atoms with Crippen molar-refractivity contribution in [2.24, 2.45) is 0 Å². The fourth-order valence-corrected chi connectivity index (χ4v) is 2.60. The monoisotopic (exact) mass is 301 g/mol. The lowest BCUT2D eigenvalue weighted by atomic mass is 10.1. The van der Waals surface area contributed by atoms with E-state index in [9.17, 15) is 13.2 Å². The van der Waals surface area contributed by atoms with Crippen molar-refractivity contribution in [3.8, 4) is 5.75 Å². The van der Waals surface area contributed by atoms with Gasteiger partial charge in [-0.3, -0.25) is 0 Å². The van der Waals surface area contributed by atoms with E-state index in [0.29, 0.717) is 17.9 Å². The standard InChI is InChI=1S/C12H10F3N3OS/c13-12(14,15)10-17-18-11(20-10)16-6-8-5-7-3-1-2-4-9(7)19-8/h1-4,8H,5-6H2,(H,16,18). The number of alkyl halides is 3. The Morgan fingerprint density at radius 2 is 2.10 bits per heavy atom. The van der Waals surface area contributed by atoms with Crippen LogP contribution in [0.25, 0.3) is 0 Å². The van der Waals surface area contributed by atoms with Crippen LogP contribution >= 0.6 is 11.3 Å². The third kappa shape index (κ3) is 2.69. The van der Waals surface area contributed by atoms with Crippen LogP contribution in [0.3, 0.4) is 0 Å². The minimum atomic E-state index is -4.45. The largest absolute Gasteiger partial charge is 0.488 e. The maximum atomic E-state index is 12.4. The Morgan fingerprint density at radius 3 is 2.80 bits per heavy atom. The van der Waals surface area contributed by atoms with Crippen molar-refractivity contribution in [3.63, 3.8) is 0 Å². The molecule has 1 aromatic carbocycles. The van der Waals surface area contributed by atoms with Gasteiger partial charge in [-0.25, -0.2) is 0 Å². The molecule has 0 fully saturated rings. The summed E-state index contributed by atoms with van der Waals surface area (Å²) < 4.78 is 42.8. The number of nitrogens with one attached hydrogen (secondary N) is 1. The highest BCUT2D eigenvalue weighted by Gasteiger charge is 2.35. The van der Waals surface area contributed by atoms with E-state index in [1.54, 1.807) is 0 Å². The van der Waals surface area contributed by atoms with Gasteiger partial charge in [0.15, 0.2) is 0 Å². The van der Waals surface area contributed by atoms with Crippen molar-refractivity contribution < 1.29 is 17.9 Å². The van der Waals surface area contributed by atoms with E-state index in [4.69, 9.17) is 4.74 Å². The van der Waals surface area contributed by atoms with Gasteiger partial charge >= 0.3 is 6.18 Å². The zero-order chi connectivity index (χ0) is 14.2. The second kappa shape index (κ2) is 4.93. The van der Waals surface area contributed by atoms with Gasteiger partial charge in [0, 0.05) is 6.42 Å². The second-order valence-corrected chi connectivity index (χ2v) is 5.32. The molecule has 1 aliphatic rings. The number of fused-ring (bicyclic) bond motifs is 1. The fraction of sp³-hybridized carbons (Fsp3) is 0.333. The van der Waals surface area contributed by atoms with Crippen molar-refractivity contribution in [1.29, 1.82) is 0 Å². The summed E-state index contributed by atoms with van der Waals surface area (Å²) in [5, 5.41) is 8.62. The van der Waals surface area contributed by atoms with Gasteiger partial charge in [-0.1, -0.05) is 29.5 Å². The van der Waals surface area contributed by atoms with Gasteiger partial charge in [-0.2, -0.15) is 13.2 Å². The van der Waals surface area contributed by atoms with E-state index in [1.165, 1.54) is 0 Å². The maximum absolute atomic E-state index is 12.4. The number of hydrogen-bond donors (Lipinski definition) is 1. The molecule has 0 radical (unpaired) electrons. The summed E-state index contributed by atoms with van der Waals surface area (Å²) in [5.41, 5.74) is 1.10. The Labute approximate surface area is 116 Å². The molecule has 0 bridgehead atoms. The first kappa shape index (κ1) is 13.2. The van der Waals surface area contributed by atoms with Crippen molar-refractivity contribution in [1.82, 2.24) is 10.2 Å². The molecule has 1 aromatic heterocycles. The smallest absolute Gasteiger partial charge is 0.445 e. The van der Waals surface area contributed by atoms with E-state index in [1.807, 2.05) is 24.3 Å². The number of nitrogens with zero attached hydrogens (tertiary/aromatic N) is 2. The predicted molar refractivity (Wildman–Crippen MR) is 68.0 cm³/mol. The first-order valence-electron chi connectivity index (χ1n) is 5.91. The Morgan fingerprint density at radius 1 is 1.30 bits per heavy atom. The van der Waals surface area contributed by atoms with E-state index in [-0.39, 0.29) is 11.2 Å². The van der Waals surface area contributed by atoms with E-state index in [2.05, 4.69) is 15.5 Å². The average Bonchev–Trinajstić information content (AvgIpc) is 3.02. The average molecular weight is 301 g/mol. The summed E-state index contributed by atoms with van der Waals surface area (Å²) in [6.07, 6.45) is -3.82. The van der Waals surface area contributed by atoms with E-state index >= 15 is 0 Å². The Hall–Kier alpha value is -1.83. The SMILES string of the molecule is FC(F)(F)c1nnc(NCC2Cc3ccccc3O2)s1. The minimum absolute atomic E-state index is 0.106. The number of anilines is 1. The lowest BCUT2D eigenvalue weighted by Crippen LogP contribution is -2.23. The third-order valence-corrected chi connectivity index (χ3v) is 3.79. The summed E-state index contributed by atoms with van der Waals surface area (Å²) in [6, 6.07) is 7.66. The molecule has 0 amide bonds. The highest BCUT2D eigenvalue weighted by molar-refractivity contribution is 7.15. The molecule has 0 spiro atoms. The zero-order valence-corrected chi connectivity index (χ0v) is 11.0. The van der Waals surface area contributed by atoms with Crippen molar-refractivity contribution in [2.45, 2.75) is 18.7 Å². The molecule has 2 aromatic rings. The van der Waals surface area contributed by atoms with Crippen molar-refractivity contribution in [3.05, 3.63) is 34.8 Å². The topological polar surface area (TPSA) is 47.0 Å². The number of ether oxygens (including phenoxy) is 1. The van der Waals surface area contributed by atoms with Crippen LogP contribution in [0.15, 0.2) is 24.3 Å². The van der Waals surface area contributed by atoms with Crippen molar-refractivity contribution in [2.75, 3.05) is 11.9 Å². The Kier molecular flexibility index (Phi) is 3.25. The van der Waals surface area contributed by atoms with Gasteiger partial charge in [0.05, 0.1) is 6.54 Å². The van der Waals surface area contributed by atoms with Gasteiger partial charge in [-0.15, -0.1) is 10.2 Å². The predicted octanol–water partition coefficient (Wildman–Crippen LogP) is 2.97. The van der Waals surface area contributed by atoms with E-state index < -0.39 is 11.2 Å². The van der Waals surface area contributed by atoms with Crippen LogP contribution in [-0.2, 0) is 12.6 Å². The van der Waals surface area contributed by atoms with Crippen LogP contribution in [0.5, 0.6) is 5.75 Å². The molecule has 106 valence electrons. The van der Waals surface area contributed by atoms with Gasteiger partial charge in [0.2, 0.25) is 10.1 Å². The van der Waals surface area contributed by atoms with Gasteiger partial charge in [-0.05, 0) is 11.6 Å². The molecule has 3 rings (SSSR count). The molecule has 0 saturated carbocycles. The molecule has 2 heterocycles. The lowest BCUT2D eigenvalue weighted by Gasteiger charge is -2.10. The second-order valence-electron chi connectivity index (χ2n) is 4.34. The fourth-order valence-electron chi connectivity index (χ4n) is 1.98. The van der Waals surface area contributed by atoms with Crippen LogP contribution in [0, 0.1) is 0 Å². The first-order valence-corrected chi connectivity index (χ1v) is 6.73. The number of para-hydroxylation sites is 1. The van der Waals surface area contributed by atoms with Gasteiger partial charge < -0.3 is 10.1 Å². The molecule has 1 atom stereocenters. The van der Waals surface area contributed by atoms with Crippen LogP contribution < -0.4 is 10.1 Å². The van der Waals surface area contributed by atoms with Gasteiger partial charge in [0.1, 0.15) is 11.9 Å². The molecule has 0 aliphatic carbocycles. The van der Waals surface area contributed by atoms with Crippen LogP contribution in [0.2, 0.25) is 0 Å². The molecule has 1 aliphatic heterocycles. The number of benzene rings is 1. The molecular weight excluding hydrogens is 291 g/mol. The first-order chi connectivity index (χ1) is 9.52. The third-order valence-electron chi connectivity index (χ3n) is 2.86. The lowest BCUT2D eigenvalue weighted by molar-refractivity contribution is -0.138. The Balaban J connectivity index is 1.58. The highest BCUT2D eigenvalue weighted by atomic mass is 32.1. The molecule has 20 heavy (non-hydrogen) atoms. The molecule has 1 N–H and O–H groups in total. The molecule has 1 unspecified atom stereocenters. The summed E-state index contributed by atoms with van der Waals surface area (Å²) in [7, 11) is 0. The molecule has 8 heteroatoms. The number of hydrogen-bond acceptors (Lipinski definition) is 5. The number of halogens is 3. The summed E-state index contributed by atoms with van der Waals surface area (Å²) in [5.74, 6) is 0.826. The molecular formula is C12H10F3N3OS. The quantitative estimate of drug-likeness (QED) is 0.947. The number of aromatic nitrogens is 2. The zero-order valence-electron chi connectivity index (χ0n) is 10.1. The van der Waals surface area contributed by atoms with E-state index in [0.717, 1.165) is 17.7 Å². The maximum Gasteiger partial charge on any atom is 0.445 e. The molecule has 0 saturated heterocycles. The molecule has 4 nitrogen and oxygen atoms in total. The van der Waals surface area contributed by atoms with Crippen molar-refractivity contribution >= 4 is 16.5 Å². The summed E-state index contributed by atoms with van der Waals surface area (Å²) in [4.78, 5) is 0. The minimum Gasteiger partial charge on any atom is -0.488 e. The van der Waals surface area contributed by atoms with Crippen LogP contribution in [0.1, 0.15) is 10.6 Å². The van der Waals surface area contributed by atoms with Gasteiger partial charge in [0.25, 0.3) is 0 Å². The Bertz CT molecular complexity index is 589. The normalized spacial score (nSPS) is 17.6. The number of rotatable bonds is 3. The van der Waals surface area contributed by atoms with Crippen LogP contribution in [-0.4, -0.2) is 22.8 Å². The summed E-state index contributed by atoms with van der Waals surface area (Å²) in [6.45, 7) is 0.390.